The molecule has 0 aliphatic rings. The van der Waals surface area contributed by atoms with Gasteiger partial charge in [0.05, 0.1) is 17.3 Å². The van der Waals surface area contributed by atoms with E-state index in [0.717, 1.165) is 45.1 Å². The number of fused-ring (bicyclic) bond motifs is 1. The number of aromatic nitrogens is 2. The minimum Gasteiger partial charge on any atom is -0.377 e. The van der Waals surface area contributed by atoms with Crippen molar-refractivity contribution in [2.24, 2.45) is 0 Å². The molecule has 154 valence electrons. The third-order valence-corrected chi connectivity index (χ3v) is 5.56. The molecule has 0 radical (unpaired) electrons. The molecule has 0 saturated carbocycles. The fraction of sp³-hybridized carbons (Fsp3) is 0.333. The number of hydrogen-bond acceptors (Lipinski definition) is 6. The van der Waals surface area contributed by atoms with Gasteiger partial charge in [-0.25, -0.2) is 0 Å². The number of aryl methyl sites for hydroxylation is 1. The minimum absolute atomic E-state index is 0.535. The lowest BCUT2D eigenvalue weighted by Gasteiger charge is -2.27. The predicted octanol–water partition coefficient (Wildman–Crippen LogP) is 4.27. The monoisotopic (exact) mass is 401 g/mol. The van der Waals surface area contributed by atoms with Gasteiger partial charge < -0.3 is 15.0 Å². The zero-order valence-corrected chi connectivity index (χ0v) is 18.4. The molecule has 1 aromatic heterocycles. The Morgan fingerprint density at radius 3 is 2.53 bits per heavy atom. The number of carbonyl (C=O) groups excluding carboxylic acids is 1. The van der Waals surface area contributed by atoms with Crippen molar-refractivity contribution in [3.05, 3.63) is 58.3 Å². The van der Waals surface area contributed by atoms with Gasteiger partial charge >= 0.3 is 0 Å². The zero-order valence-electron chi connectivity index (χ0n) is 18.4. The van der Waals surface area contributed by atoms with E-state index in [2.05, 4.69) is 33.7 Å². The average Bonchev–Trinajstić information content (AvgIpc) is 2.73. The van der Waals surface area contributed by atoms with E-state index in [9.17, 15) is 10.1 Å². The number of nitrogens with zero attached hydrogens (tertiary/aromatic N) is 4. The van der Waals surface area contributed by atoms with Crippen molar-refractivity contribution >= 4 is 28.6 Å². The first-order valence-electron chi connectivity index (χ1n) is 9.87. The molecule has 0 fully saturated rings. The number of anilines is 2. The van der Waals surface area contributed by atoms with Crippen LogP contribution in [0.15, 0.2) is 30.3 Å². The van der Waals surface area contributed by atoms with Crippen LogP contribution >= 0.6 is 0 Å². The van der Waals surface area contributed by atoms with Crippen LogP contribution in [-0.2, 0) is 16.8 Å². The number of carbonyl (C=O) groups is 1. The molecule has 3 aromatic rings. The Morgan fingerprint density at radius 2 is 1.90 bits per heavy atom. The molecular weight excluding hydrogens is 374 g/mol. The summed E-state index contributed by atoms with van der Waals surface area (Å²) in [7, 11) is 3.94. The zero-order chi connectivity index (χ0) is 22.1. The molecule has 0 aliphatic heterocycles. The highest BCUT2D eigenvalue weighted by Crippen LogP contribution is 2.36. The molecule has 0 unspecified atom stereocenters. The van der Waals surface area contributed by atoms with Crippen molar-refractivity contribution in [3.63, 3.8) is 0 Å². The molecule has 2 aromatic carbocycles. The topological polar surface area (TPSA) is 81.9 Å². The summed E-state index contributed by atoms with van der Waals surface area (Å²) in [5, 5.41) is 23.3. The van der Waals surface area contributed by atoms with Crippen molar-refractivity contribution in [1.29, 1.82) is 5.26 Å². The van der Waals surface area contributed by atoms with Crippen molar-refractivity contribution in [2.45, 2.75) is 39.7 Å². The Bertz CT molecular complexity index is 1160. The molecule has 1 heterocycles. The van der Waals surface area contributed by atoms with Crippen molar-refractivity contribution in [1.82, 2.24) is 10.2 Å². The number of aldehydes is 1. The van der Waals surface area contributed by atoms with Crippen LogP contribution in [0.1, 0.15) is 41.8 Å². The summed E-state index contributed by atoms with van der Waals surface area (Å²) < 4.78 is 0. The summed E-state index contributed by atoms with van der Waals surface area (Å²) in [5.74, 6) is 0.677. The van der Waals surface area contributed by atoms with Crippen molar-refractivity contribution in [2.75, 3.05) is 24.3 Å². The second-order valence-corrected chi connectivity index (χ2v) is 8.34. The maximum absolute atomic E-state index is 11.8. The first-order chi connectivity index (χ1) is 14.2. The molecule has 30 heavy (non-hydrogen) atoms. The van der Waals surface area contributed by atoms with Gasteiger partial charge in [0.1, 0.15) is 6.29 Å². The average molecular weight is 402 g/mol. The highest BCUT2D eigenvalue weighted by atomic mass is 16.1. The Kier molecular flexibility index (Phi) is 5.75. The molecule has 0 bridgehead atoms. The number of benzene rings is 2. The molecule has 0 saturated heterocycles. The third kappa shape index (κ3) is 3.84. The van der Waals surface area contributed by atoms with Crippen LogP contribution in [0, 0.1) is 25.2 Å². The molecule has 0 atom stereocenters. The van der Waals surface area contributed by atoms with Crippen LogP contribution in [0.5, 0.6) is 0 Å². The smallest absolute Gasteiger partial charge is 0.156 e. The molecule has 0 spiro atoms. The first kappa shape index (κ1) is 21.3. The van der Waals surface area contributed by atoms with E-state index in [0.29, 0.717) is 17.9 Å². The van der Waals surface area contributed by atoms with Gasteiger partial charge in [-0.1, -0.05) is 12.1 Å². The highest BCUT2D eigenvalue weighted by Gasteiger charge is 2.25. The standard InChI is InChI=1S/C24H27N5O/c1-15-17(12-25)8-7-9-18(15)13-26-23-20-11-22(29(5)6)21(24(3,4)14-30)10-19(20)16(2)27-28-23/h7-11,14H,13H2,1-6H3,(H,26,28). The summed E-state index contributed by atoms with van der Waals surface area (Å²) in [6, 6.07) is 12.1. The Balaban J connectivity index is 2.11. The van der Waals surface area contributed by atoms with Crippen LogP contribution < -0.4 is 10.2 Å². The summed E-state index contributed by atoms with van der Waals surface area (Å²) >= 11 is 0. The summed E-state index contributed by atoms with van der Waals surface area (Å²) in [6.07, 6.45) is 0.981. The fourth-order valence-electron chi connectivity index (χ4n) is 3.57. The first-order valence-corrected chi connectivity index (χ1v) is 9.87. The highest BCUT2D eigenvalue weighted by molar-refractivity contribution is 5.97. The molecule has 0 amide bonds. The second kappa shape index (κ2) is 8.11. The molecule has 6 nitrogen and oxygen atoms in total. The van der Waals surface area contributed by atoms with Crippen molar-refractivity contribution in [3.8, 4) is 6.07 Å². The van der Waals surface area contributed by atoms with Gasteiger partial charge in [0.15, 0.2) is 5.82 Å². The Labute approximate surface area is 177 Å². The van der Waals surface area contributed by atoms with Gasteiger partial charge in [-0.15, -0.1) is 5.10 Å². The van der Waals surface area contributed by atoms with E-state index < -0.39 is 5.41 Å². The van der Waals surface area contributed by atoms with Gasteiger partial charge in [0.25, 0.3) is 0 Å². The van der Waals surface area contributed by atoms with Crippen LogP contribution in [0.3, 0.4) is 0 Å². The van der Waals surface area contributed by atoms with E-state index in [1.807, 2.05) is 64.9 Å². The quantitative estimate of drug-likeness (QED) is 0.621. The number of nitrogens with one attached hydrogen (secondary N) is 1. The van der Waals surface area contributed by atoms with E-state index in [-0.39, 0.29) is 0 Å². The molecule has 3 rings (SSSR count). The largest absolute Gasteiger partial charge is 0.377 e. The van der Waals surface area contributed by atoms with Crippen molar-refractivity contribution < 1.29 is 4.79 Å². The van der Waals surface area contributed by atoms with Gasteiger partial charge in [0.2, 0.25) is 0 Å². The summed E-state index contributed by atoms with van der Waals surface area (Å²) in [4.78, 5) is 13.8. The van der Waals surface area contributed by atoms with E-state index >= 15 is 0 Å². The third-order valence-electron chi connectivity index (χ3n) is 5.56. The lowest BCUT2D eigenvalue weighted by Crippen LogP contribution is -2.23. The normalized spacial score (nSPS) is 11.2. The van der Waals surface area contributed by atoms with Crippen LogP contribution in [0.4, 0.5) is 11.5 Å². The lowest BCUT2D eigenvalue weighted by atomic mass is 9.83. The second-order valence-electron chi connectivity index (χ2n) is 8.34. The summed E-state index contributed by atoms with van der Waals surface area (Å²) in [6.45, 7) is 8.25. The van der Waals surface area contributed by atoms with E-state index in [4.69, 9.17) is 0 Å². The SMILES string of the molecule is Cc1c(C#N)cccc1CNc1nnc(C)c2cc(C(C)(C)C=O)c(N(C)C)cc12. The van der Waals surface area contributed by atoms with Gasteiger partial charge in [-0.2, -0.15) is 10.4 Å². The van der Waals surface area contributed by atoms with Gasteiger partial charge in [0, 0.05) is 42.5 Å². The molecular formula is C24H27N5O. The van der Waals surface area contributed by atoms with Crippen LogP contribution in [0.25, 0.3) is 10.8 Å². The molecule has 6 heteroatoms. The maximum atomic E-state index is 11.8. The van der Waals surface area contributed by atoms with E-state index in [1.165, 1.54) is 0 Å². The van der Waals surface area contributed by atoms with E-state index in [1.54, 1.807) is 0 Å². The van der Waals surface area contributed by atoms with Gasteiger partial charge in [-0.05, 0) is 62.6 Å². The Morgan fingerprint density at radius 1 is 1.17 bits per heavy atom. The Hall–Kier alpha value is -3.46. The molecule has 0 aliphatic carbocycles. The number of hydrogen-bond donors (Lipinski definition) is 1. The molecule has 1 N–H and O–H groups in total. The number of nitriles is 1. The lowest BCUT2D eigenvalue weighted by molar-refractivity contribution is -0.111. The summed E-state index contributed by atoms with van der Waals surface area (Å²) in [5.41, 5.74) is 4.78. The van der Waals surface area contributed by atoms with Crippen LogP contribution in [-0.4, -0.2) is 30.6 Å². The number of rotatable bonds is 6. The maximum Gasteiger partial charge on any atom is 0.156 e. The van der Waals surface area contributed by atoms with Gasteiger partial charge in [-0.3, -0.25) is 0 Å². The predicted molar refractivity (Wildman–Crippen MR) is 121 cm³/mol. The fourth-order valence-corrected chi connectivity index (χ4v) is 3.57. The van der Waals surface area contributed by atoms with Crippen LogP contribution in [0.2, 0.25) is 0 Å². The minimum atomic E-state index is -0.619.